The SMILES string of the molecule is Cc1ccc(C)c(CC(=O)Nc2cc(Br)c[nH]c2=O)c1. The molecule has 0 unspecified atom stereocenters. The van der Waals surface area contributed by atoms with Crippen LogP contribution in [-0.4, -0.2) is 10.9 Å². The molecule has 0 fully saturated rings. The molecule has 2 aromatic rings. The summed E-state index contributed by atoms with van der Waals surface area (Å²) in [5.74, 6) is -0.206. The van der Waals surface area contributed by atoms with Gasteiger partial charge in [0.25, 0.3) is 5.56 Å². The molecular weight excluding hydrogens is 320 g/mol. The van der Waals surface area contributed by atoms with E-state index in [1.54, 1.807) is 6.07 Å². The van der Waals surface area contributed by atoms with Crippen LogP contribution in [0.25, 0.3) is 0 Å². The van der Waals surface area contributed by atoms with Crippen LogP contribution in [0.5, 0.6) is 0 Å². The molecule has 104 valence electrons. The molecule has 0 radical (unpaired) electrons. The molecule has 20 heavy (non-hydrogen) atoms. The van der Waals surface area contributed by atoms with Crippen LogP contribution in [0.3, 0.4) is 0 Å². The molecule has 0 saturated carbocycles. The summed E-state index contributed by atoms with van der Waals surface area (Å²) >= 11 is 3.25. The normalized spacial score (nSPS) is 10.3. The fraction of sp³-hybridized carbons (Fsp3) is 0.200. The number of carbonyl (C=O) groups excluding carboxylic acids is 1. The maximum atomic E-state index is 12.0. The van der Waals surface area contributed by atoms with E-state index in [1.807, 2.05) is 32.0 Å². The fourth-order valence-electron chi connectivity index (χ4n) is 1.91. The van der Waals surface area contributed by atoms with Gasteiger partial charge in [0, 0.05) is 10.7 Å². The Balaban J connectivity index is 2.15. The summed E-state index contributed by atoms with van der Waals surface area (Å²) in [5, 5.41) is 2.63. The number of aromatic amines is 1. The first kappa shape index (κ1) is 14.5. The summed E-state index contributed by atoms with van der Waals surface area (Å²) in [6, 6.07) is 7.57. The van der Waals surface area contributed by atoms with E-state index in [1.165, 1.54) is 6.20 Å². The fourth-order valence-corrected chi connectivity index (χ4v) is 2.25. The molecule has 0 aliphatic heterocycles. The van der Waals surface area contributed by atoms with Gasteiger partial charge < -0.3 is 10.3 Å². The first-order valence-corrected chi connectivity index (χ1v) is 6.99. The van der Waals surface area contributed by atoms with Crippen LogP contribution in [0.4, 0.5) is 5.69 Å². The van der Waals surface area contributed by atoms with E-state index in [4.69, 9.17) is 0 Å². The smallest absolute Gasteiger partial charge is 0.271 e. The molecule has 1 aromatic heterocycles. The number of anilines is 1. The predicted octanol–water partition coefficient (Wildman–Crippen LogP) is 2.94. The van der Waals surface area contributed by atoms with Crippen LogP contribution in [-0.2, 0) is 11.2 Å². The third-order valence-electron chi connectivity index (χ3n) is 3.00. The highest BCUT2D eigenvalue weighted by Gasteiger charge is 2.09. The Hall–Kier alpha value is -1.88. The van der Waals surface area contributed by atoms with Crippen molar-refractivity contribution in [2.24, 2.45) is 0 Å². The second kappa shape index (κ2) is 6.05. The lowest BCUT2D eigenvalue weighted by molar-refractivity contribution is -0.115. The number of carbonyl (C=O) groups is 1. The van der Waals surface area contributed by atoms with E-state index in [0.717, 1.165) is 16.7 Å². The standard InChI is InChI=1S/C15H15BrN2O2/c1-9-3-4-10(2)11(5-9)6-14(19)18-13-7-12(16)8-17-15(13)20/h3-5,7-8H,6H2,1-2H3,(H,17,20)(H,18,19). The molecule has 0 atom stereocenters. The number of amides is 1. The van der Waals surface area contributed by atoms with Crippen LogP contribution < -0.4 is 10.9 Å². The molecule has 0 aliphatic carbocycles. The minimum atomic E-state index is -0.317. The number of hydrogen-bond acceptors (Lipinski definition) is 2. The Bertz CT molecular complexity index is 707. The van der Waals surface area contributed by atoms with Crippen molar-refractivity contribution in [3.05, 3.63) is 62.0 Å². The summed E-state index contributed by atoms with van der Waals surface area (Å²) in [6.45, 7) is 3.95. The maximum Gasteiger partial charge on any atom is 0.271 e. The molecule has 1 aromatic carbocycles. The van der Waals surface area contributed by atoms with E-state index >= 15 is 0 Å². The Labute approximate surface area is 125 Å². The number of halogens is 1. The van der Waals surface area contributed by atoms with Crippen molar-refractivity contribution in [1.82, 2.24) is 4.98 Å². The highest BCUT2D eigenvalue weighted by Crippen LogP contribution is 2.13. The van der Waals surface area contributed by atoms with Gasteiger partial charge in [0.15, 0.2) is 0 Å². The summed E-state index contributed by atoms with van der Waals surface area (Å²) in [4.78, 5) is 26.2. The van der Waals surface area contributed by atoms with E-state index in [0.29, 0.717) is 4.47 Å². The van der Waals surface area contributed by atoms with Crippen LogP contribution in [0, 0.1) is 13.8 Å². The Morgan fingerprint density at radius 3 is 2.80 bits per heavy atom. The minimum Gasteiger partial charge on any atom is -0.326 e. The van der Waals surface area contributed by atoms with Crippen LogP contribution in [0.15, 0.2) is 39.7 Å². The molecule has 0 spiro atoms. The molecular formula is C15H15BrN2O2. The number of aromatic nitrogens is 1. The second-order valence-electron chi connectivity index (χ2n) is 4.72. The highest BCUT2D eigenvalue weighted by molar-refractivity contribution is 9.10. The minimum absolute atomic E-state index is 0.206. The van der Waals surface area contributed by atoms with Crippen molar-refractivity contribution in [3.63, 3.8) is 0 Å². The van der Waals surface area contributed by atoms with Gasteiger partial charge in [-0.05, 0) is 47.0 Å². The van der Waals surface area contributed by atoms with Gasteiger partial charge in [0.1, 0.15) is 5.69 Å². The van der Waals surface area contributed by atoms with E-state index < -0.39 is 0 Å². The summed E-state index contributed by atoms with van der Waals surface area (Å²) in [6.07, 6.45) is 1.78. The third-order valence-corrected chi connectivity index (χ3v) is 3.46. The van der Waals surface area contributed by atoms with E-state index in [9.17, 15) is 9.59 Å². The number of pyridine rings is 1. The first-order chi connectivity index (χ1) is 9.45. The Morgan fingerprint density at radius 1 is 1.30 bits per heavy atom. The molecule has 5 heteroatoms. The van der Waals surface area contributed by atoms with Gasteiger partial charge in [-0.25, -0.2) is 0 Å². The van der Waals surface area contributed by atoms with Crippen molar-refractivity contribution in [2.75, 3.05) is 5.32 Å². The molecule has 0 saturated heterocycles. The second-order valence-corrected chi connectivity index (χ2v) is 5.63. The van der Waals surface area contributed by atoms with Gasteiger partial charge in [-0.15, -0.1) is 0 Å². The van der Waals surface area contributed by atoms with Gasteiger partial charge in [0.2, 0.25) is 5.91 Å². The zero-order chi connectivity index (χ0) is 14.7. The molecule has 2 N–H and O–H groups in total. The topological polar surface area (TPSA) is 62.0 Å². The van der Waals surface area contributed by atoms with Crippen LogP contribution in [0.2, 0.25) is 0 Å². The zero-order valence-electron chi connectivity index (χ0n) is 11.3. The number of nitrogens with one attached hydrogen (secondary N) is 2. The largest absolute Gasteiger partial charge is 0.326 e. The van der Waals surface area contributed by atoms with Crippen molar-refractivity contribution in [3.8, 4) is 0 Å². The van der Waals surface area contributed by atoms with Gasteiger partial charge in [-0.3, -0.25) is 9.59 Å². The van der Waals surface area contributed by atoms with Gasteiger partial charge in [-0.1, -0.05) is 23.8 Å². The van der Waals surface area contributed by atoms with E-state index in [-0.39, 0.29) is 23.6 Å². The van der Waals surface area contributed by atoms with Crippen LogP contribution >= 0.6 is 15.9 Å². The van der Waals surface area contributed by atoms with Gasteiger partial charge in [-0.2, -0.15) is 0 Å². The lowest BCUT2D eigenvalue weighted by Gasteiger charge is -2.08. The zero-order valence-corrected chi connectivity index (χ0v) is 12.9. The third kappa shape index (κ3) is 3.57. The van der Waals surface area contributed by atoms with Crippen molar-refractivity contribution < 1.29 is 4.79 Å². The molecule has 0 aliphatic rings. The number of benzene rings is 1. The van der Waals surface area contributed by atoms with E-state index in [2.05, 4.69) is 26.2 Å². The number of hydrogen-bond donors (Lipinski definition) is 2. The Kier molecular flexibility index (Phi) is 4.39. The van der Waals surface area contributed by atoms with Crippen molar-refractivity contribution in [1.29, 1.82) is 0 Å². The lowest BCUT2D eigenvalue weighted by Crippen LogP contribution is -2.21. The molecule has 0 bridgehead atoms. The van der Waals surface area contributed by atoms with Gasteiger partial charge >= 0.3 is 0 Å². The summed E-state index contributed by atoms with van der Waals surface area (Å²) < 4.78 is 0.708. The van der Waals surface area contributed by atoms with Crippen molar-refractivity contribution in [2.45, 2.75) is 20.3 Å². The van der Waals surface area contributed by atoms with Crippen molar-refractivity contribution >= 4 is 27.5 Å². The van der Waals surface area contributed by atoms with Crippen LogP contribution in [0.1, 0.15) is 16.7 Å². The molecule has 1 heterocycles. The average Bonchev–Trinajstić information content (AvgIpc) is 2.38. The predicted molar refractivity (Wildman–Crippen MR) is 83.0 cm³/mol. The average molecular weight is 335 g/mol. The highest BCUT2D eigenvalue weighted by atomic mass is 79.9. The summed E-state index contributed by atoms with van der Waals surface area (Å²) in [5.41, 5.74) is 3.07. The number of rotatable bonds is 3. The summed E-state index contributed by atoms with van der Waals surface area (Å²) in [7, 11) is 0. The molecule has 2 rings (SSSR count). The molecule has 4 nitrogen and oxygen atoms in total. The maximum absolute atomic E-state index is 12.0. The number of H-pyrrole nitrogens is 1. The van der Waals surface area contributed by atoms with Gasteiger partial charge in [0.05, 0.1) is 6.42 Å². The number of aryl methyl sites for hydroxylation is 2. The molecule has 1 amide bonds. The monoisotopic (exact) mass is 334 g/mol. The lowest BCUT2D eigenvalue weighted by atomic mass is 10.0. The quantitative estimate of drug-likeness (QED) is 0.906. The Morgan fingerprint density at radius 2 is 2.05 bits per heavy atom. The first-order valence-electron chi connectivity index (χ1n) is 6.20.